The molecule has 1 saturated heterocycles. The second-order valence-electron chi connectivity index (χ2n) is 8.04. The molecule has 0 radical (unpaired) electrons. The molecule has 3 rings (SSSR count). The number of hydrogen-bond acceptors (Lipinski definition) is 7. The maximum absolute atomic E-state index is 13.1. The molecule has 2 aromatic carbocycles. The minimum atomic E-state index is -1.10. The quantitative estimate of drug-likeness (QED) is 0.138. The summed E-state index contributed by atoms with van der Waals surface area (Å²) in [5.41, 5.74) is 0.0285. The summed E-state index contributed by atoms with van der Waals surface area (Å²) in [4.78, 5) is 38.5. The van der Waals surface area contributed by atoms with Gasteiger partial charge in [-0.15, -0.1) is 0 Å². The third kappa shape index (κ3) is 5.26. The molecule has 1 amide bonds. The SMILES string of the molecule is CCOc1ccc(C(O)=C2C(=O)C(=O)N(CCCOC(C)C)[C@@H]2c2ccccc2[N+](=O)[O-])cc1. The summed E-state index contributed by atoms with van der Waals surface area (Å²) >= 11 is 0. The smallest absolute Gasteiger partial charge is 0.295 e. The zero-order valence-electron chi connectivity index (χ0n) is 19.4. The Bertz CT molecular complexity index is 1090. The van der Waals surface area contributed by atoms with Gasteiger partial charge in [-0.3, -0.25) is 19.7 Å². The molecule has 1 aliphatic heterocycles. The Labute approximate surface area is 197 Å². The molecule has 0 bridgehead atoms. The number of rotatable bonds is 10. The molecule has 1 N–H and O–H groups in total. The third-order valence-electron chi connectivity index (χ3n) is 5.40. The van der Waals surface area contributed by atoms with E-state index in [1.807, 2.05) is 20.8 Å². The van der Waals surface area contributed by atoms with Crippen LogP contribution in [0.15, 0.2) is 54.1 Å². The van der Waals surface area contributed by atoms with Crippen molar-refractivity contribution in [3.8, 4) is 5.75 Å². The summed E-state index contributed by atoms with van der Waals surface area (Å²) in [7, 11) is 0. The normalized spacial score (nSPS) is 17.4. The van der Waals surface area contributed by atoms with Crippen LogP contribution in [0.1, 0.15) is 44.4 Å². The van der Waals surface area contributed by atoms with Crippen molar-refractivity contribution in [1.82, 2.24) is 4.90 Å². The summed E-state index contributed by atoms with van der Waals surface area (Å²) in [6.45, 7) is 6.56. The molecule has 0 spiro atoms. The summed E-state index contributed by atoms with van der Waals surface area (Å²) in [5, 5.41) is 22.8. The number of aliphatic hydroxyl groups excluding tert-OH is 1. The number of ketones is 1. The van der Waals surface area contributed by atoms with Crippen LogP contribution in [0.3, 0.4) is 0 Å². The molecule has 1 fully saturated rings. The Kier molecular flexibility index (Phi) is 8.01. The molecular formula is C25H28N2O7. The van der Waals surface area contributed by atoms with Crippen molar-refractivity contribution < 1.29 is 29.1 Å². The fraction of sp³-hybridized carbons (Fsp3) is 0.360. The van der Waals surface area contributed by atoms with Gasteiger partial charge in [0.05, 0.1) is 34.8 Å². The maximum Gasteiger partial charge on any atom is 0.295 e. The van der Waals surface area contributed by atoms with Crippen LogP contribution in [0.2, 0.25) is 0 Å². The van der Waals surface area contributed by atoms with Gasteiger partial charge in [0.15, 0.2) is 0 Å². The highest BCUT2D eigenvalue weighted by molar-refractivity contribution is 6.46. The number of amides is 1. The average Bonchev–Trinajstić information content (AvgIpc) is 3.06. The van der Waals surface area contributed by atoms with Crippen molar-refractivity contribution in [2.75, 3.05) is 19.8 Å². The lowest BCUT2D eigenvalue weighted by Crippen LogP contribution is -2.31. The van der Waals surface area contributed by atoms with Crippen LogP contribution < -0.4 is 4.74 Å². The Morgan fingerprint density at radius 1 is 1.15 bits per heavy atom. The van der Waals surface area contributed by atoms with Crippen LogP contribution in [0, 0.1) is 10.1 Å². The highest BCUT2D eigenvalue weighted by Crippen LogP contribution is 2.42. The third-order valence-corrected chi connectivity index (χ3v) is 5.40. The van der Waals surface area contributed by atoms with Crippen LogP contribution >= 0.6 is 0 Å². The van der Waals surface area contributed by atoms with Crippen LogP contribution in [-0.4, -0.2) is 52.5 Å². The lowest BCUT2D eigenvalue weighted by molar-refractivity contribution is -0.385. The Morgan fingerprint density at radius 2 is 1.82 bits per heavy atom. The minimum Gasteiger partial charge on any atom is -0.507 e. The maximum atomic E-state index is 13.1. The van der Waals surface area contributed by atoms with Gasteiger partial charge in [0.1, 0.15) is 11.5 Å². The fourth-order valence-corrected chi connectivity index (χ4v) is 3.90. The number of ether oxygens (including phenoxy) is 2. The summed E-state index contributed by atoms with van der Waals surface area (Å²) < 4.78 is 10.9. The van der Waals surface area contributed by atoms with Gasteiger partial charge < -0.3 is 19.5 Å². The predicted octanol–water partition coefficient (Wildman–Crippen LogP) is 4.23. The van der Waals surface area contributed by atoms with Gasteiger partial charge in [-0.2, -0.15) is 0 Å². The van der Waals surface area contributed by atoms with Gasteiger partial charge in [-0.25, -0.2) is 0 Å². The summed E-state index contributed by atoms with van der Waals surface area (Å²) in [5.74, 6) is -1.52. The van der Waals surface area contributed by atoms with Crippen LogP contribution in [0.4, 0.5) is 5.69 Å². The highest BCUT2D eigenvalue weighted by Gasteiger charge is 2.47. The number of nitrogens with zero attached hydrogens (tertiary/aromatic N) is 2. The Hall–Kier alpha value is -3.72. The van der Waals surface area contributed by atoms with E-state index in [9.17, 15) is 24.8 Å². The van der Waals surface area contributed by atoms with Crippen molar-refractivity contribution in [3.63, 3.8) is 0 Å². The van der Waals surface area contributed by atoms with Crippen molar-refractivity contribution >= 4 is 23.1 Å². The zero-order valence-corrected chi connectivity index (χ0v) is 19.4. The van der Waals surface area contributed by atoms with E-state index in [0.29, 0.717) is 30.9 Å². The van der Waals surface area contributed by atoms with Crippen LogP contribution in [-0.2, 0) is 14.3 Å². The molecule has 9 nitrogen and oxygen atoms in total. The van der Waals surface area contributed by atoms with Crippen LogP contribution in [0.5, 0.6) is 5.75 Å². The van der Waals surface area contributed by atoms with Gasteiger partial charge >= 0.3 is 0 Å². The average molecular weight is 469 g/mol. The number of aliphatic hydroxyl groups is 1. The summed E-state index contributed by atoms with van der Waals surface area (Å²) in [6, 6.07) is 11.2. The molecular weight excluding hydrogens is 440 g/mol. The van der Waals surface area contributed by atoms with E-state index < -0.39 is 28.4 Å². The van der Waals surface area contributed by atoms with Gasteiger partial charge in [0.2, 0.25) is 0 Å². The van der Waals surface area contributed by atoms with E-state index >= 15 is 0 Å². The zero-order chi connectivity index (χ0) is 24.8. The van der Waals surface area contributed by atoms with Crippen molar-refractivity contribution in [2.45, 2.75) is 39.3 Å². The molecule has 34 heavy (non-hydrogen) atoms. The highest BCUT2D eigenvalue weighted by atomic mass is 16.6. The molecule has 0 aromatic heterocycles. The van der Waals surface area contributed by atoms with E-state index in [0.717, 1.165) is 0 Å². The number of carbonyl (C=O) groups excluding carboxylic acids is 2. The molecule has 180 valence electrons. The number of benzene rings is 2. The Morgan fingerprint density at radius 3 is 2.44 bits per heavy atom. The minimum absolute atomic E-state index is 0.00100. The number of carbonyl (C=O) groups is 2. The lowest BCUT2D eigenvalue weighted by atomic mass is 9.94. The second-order valence-corrected chi connectivity index (χ2v) is 8.04. The van der Waals surface area contributed by atoms with E-state index in [-0.39, 0.29) is 29.5 Å². The van der Waals surface area contributed by atoms with E-state index in [2.05, 4.69) is 0 Å². The lowest BCUT2D eigenvalue weighted by Gasteiger charge is -2.25. The van der Waals surface area contributed by atoms with Gasteiger partial charge in [0, 0.05) is 24.8 Å². The monoisotopic (exact) mass is 468 g/mol. The Balaban J connectivity index is 2.09. The fourth-order valence-electron chi connectivity index (χ4n) is 3.90. The molecule has 2 aromatic rings. The van der Waals surface area contributed by atoms with E-state index in [4.69, 9.17) is 9.47 Å². The molecule has 1 heterocycles. The number of para-hydroxylation sites is 1. The van der Waals surface area contributed by atoms with Gasteiger partial charge in [-0.1, -0.05) is 12.1 Å². The number of hydrogen-bond donors (Lipinski definition) is 1. The first-order chi connectivity index (χ1) is 16.3. The van der Waals surface area contributed by atoms with Crippen molar-refractivity contribution in [2.24, 2.45) is 0 Å². The van der Waals surface area contributed by atoms with E-state index in [1.165, 1.54) is 23.1 Å². The molecule has 0 saturated carbocycles. The molecule has 0 unspecified atom stereocenters. The first kappa shape index (κ1) is 24.9. The van der Waals surface area contributed by atoms with Crippen molar-refractivity contribution in [1.29, 1.82) is 0 Å². The number of Topliss-reactive ketones (excluding diaryl/α,β-unsaturated/α-hetero) is 1. The number of likely N-dealkylation sites (tertiary alicyclic amines) is 1. The number of nitro groups is 1. The standard InChI is InChI=1S/C25H28N2O7/c1-4-33-18-12-10-17(11-13-18)23(28)21-22(19-8-5-6-9-20(19)27(31)32)26(25(30)24(21)29)14-7-15-34-16(2)3/h5-6,8-13,16,22,28H,4,7,14-15H2,1-3H3/t22-/m1/s1. The number of nitro benzene ring substituents is 1. The first-order valence-electron chi connectivity index (χ1n) is 11.1. The molecule has 0 aliphatic carbocycles. The predicted molar refractivity (Wildman–Crippen MR) is 125 cm³/mol. The second kappa shape index (κ2) is 10.9. The van der Waals surface area contributed by atoms with E-state index in [1.54, 1.807) is 30.3 Å². The molecule has 1 aliphatic rings. The largest absolute Gasteiger partial charge is 0.507 e. The first-order valence-corrected chi connectivity index (χ1v) is 11.1. The van der Waals surface area contributed by atoms with Crippen molar-refractivity contribution in [3.05, 3.63) is 75.3 Å². The van der Waals surface area contributed by atoms with Gasteiger partial charge in [-0.05, 0) is 57.5 Å². The van der Waals surface area contributed by atoms with Gasteiger partial charge in [0.25, 0.3) is 17.4 Å². The topological polar surface area (TPSA) is 119 Å². The molecule has 1 atom stereocenters. The van der Waals surface area contributed by atoms with Crippen LogP contribution in [0.25, 0.3) is 5.76 Å². The summed E-state index contributed by atoms with van der Waals surface area (Å²) in [6.07, 6.45) is 0.423. The molecule has 9 heteroatoms.